The summed E-state index contributed by atoms with van der Waals surface area (Å²) in [7, 11) is 0. The molecule has 4 heteroatoms. The van der Waals surface area contributed by atoms with Gasteiger partial charge in [-0.05, 0) is 48.7 Å². The Morgan fingerprint density at radius 2 is 1.89 bits per heavy atom. The molecule has 1 heterocycles. The van der Waals surface area contributed by atoms with E-state index in [1.807, 2.05) is 17.5 Å². The van der Waals surface area contributed by atoms with Crippen molar-refractivity contribution in [2.75, 3.05) is 5.32 Å². The van der Waals surface area contributed by atoms with Crippen LogP contribution in [-0.4, -0.2) is 11.7 Å². The number of nitrogens with one attached hydrogen (secondary N) is 1. The molecule has 0 radical (unpaired) electrons. The van der Waals surface area contributed by atoms with Crippen molar-refractivity contribution in [3.63, 3.8) is 0 Å². The standard InChI is InChI=1S/C15H13NO2S/c1-11(17)12-4-6-13(7-5-12)16-15(18)9-8-14-3-2-10-19-14/h2-10H,1H3,(H,16,18)/b9-8+. The summed E-state index contributed by atoms with van der Waals surface area (Å²) in [5, 5.41) is 4.69. The summed E-state index contributed by atoms with van der Waals surface area (Å²) in [5.74, 6) is -0.181. The molecule has 0 bridgehead atoms. The van der Waals surface area contributed by atoms with E-state index < -0.39 is 0 Å². The summed E-state index contributed by atoms with van der Waals surface area (Å²) in [5.41, 5.74) is 1.30. The number of carbonyl (C=O) groups is 2. The van der Waals surface area contributed by atoms with Crippen molar-refractivity contribution in [2.45, 2.75) is 6.92 Å². The third-order valence-electron chi connectivity index (χ3n) is 2.50. The van der Waals surface area contributed by atoms with Gasteiger partial charge in [0.2, 0.25) is 5.91 Å². The number of carbonyl (C=O) groups excluding carboxylic acids is 2. The second kappa shape index (κ2) is 6.11. The molecule has 1 aromatic heterocycles. The third-order valence-corrected chi connectivity index (χ3v) is 3.34. The van der Waals surface area contributed by atoms with Crippen LogP contribution in [0.3, 0.4) is 0 Å². The van der Waals surface area contributed by atoms with Gasteiger partial charge in [0, 0.05) is 22.2 Å². The molecule has 1 N–H and O–H groups in total. The highest BCUT2D eigenvalue weighted by molar-refractivity contribution is 7.10. The largest absolute Gasteiger partial charge is 0.323 e. The average molecular weight is 271 g/mol. The van der Waals surface area contributed by atoms with Crippen molar-refractivity contribution in [3.05, 3.63) is 58.3 Å². The molecular weight excluding hydrogens is 258 g/mol. The molecular formula is C15H13NO2S. The van der Waals surface area contributed by atoms with Crippen LogP contribution < -0.4 is 5.32 Å². The third kappa shape index (κ3) is 3.89. The lowest BCUT2D eigenvalue weighted by atomic mass is 10.1. The molecule has 0 spiro atoms. The van der Waals surface area contributed by atoms with Gasteiger partial charge in [-0.15, -0.1) is 11.3 Å². The number of thiophene rings is 1. The summed E-state index contributed by atoms with van der Waals surface area (Å²) in [6, 6.07) is 10.7. The molecule has 19 heavy (non-hydrogen) atoms. The fraction of sp³-hybridized carbons (Fsp3) is 0.0667. The molecule has 96 valence electrons. The Morgan fingerprint density at radius 1 is 1.16 bits per heavy atom. The maximum absolute atomic E-state index is 11.7. The van der Waals surface area contributed by atoms with E-state index >= 15 is 0 Å². The van der Waals surface area contributed by atoms with Crippen LogP contribution in [-0.2, 0) is 4.79 Å². The number of benzene rings is 1. The second-order valence-electron chi connectivity index (χ2n) is 3.97. The quantitative estimate of drug-likeness (QED) is 0.682. The first-order valence-electron chi connectivity index (χ1n) is 5.79. The fourth-order valence-electron chi connectivity index (χ4n) is 1.52. The summed E-state index contributed by atoms with van der Waals surface area (Å²) in [6.07, 6.45) is 3.26. The molecule has 1 amide bonds. The number of ketones is 1. The molecule has 0 saturated heterocycles. The maximum Gasteiger partial charge on any atom is 0.248 e. The maximum atomic E-state index is 11.7. The lowest BCUT2D eigenvalue weighted by molar-refractivity contribution is -0.111. The van der Waals surface area contributed by atoms with Crippen LogP contribution in [0.4, 0.5) is 5.69 Å². The minimum absolute atomic E-state index is 0.00969. The van der Waals surface area contributed by atoms with Gasteiger partial charge < -0.3 is 5.32 Å². The highest BCUT2D eigenvalue weighted by Crippen LogP contribution is 2.12. The fourth-order valence-corrected chi connectivity index (χ4v) is 2.13. The van der Waals surface area contributed by atoms with Gasteiger partial charge >= 0.3 is 0 Å². The van der Waals surface area contributed by atoms with E-state index in [0.717, 1.165) is 4.88 Å². The number of Topliss-reactive ketones (excluding diaryl/α,β-unsaturated/α-hetero) is 1. The van der Waals surface area contributed by atoms with Crippen LogP contribution in [0.5, 0.6) is 0 Å². The summed E-state index contributed by atoms with van der Waals surface area (Å²) in [4.78, 5) is 23.8. The van der Waals surface area contributed by atoms with Gasteiger partial charge in [-0.25, -0.2) is 0 Å². The van der Waals surface area contributed by atoms with Crippen molar-refractivity contribution >= 4 is 34.8 Å². The van der Waals surface area contributed by atoms with E-state index in [1.54, 1.807) is 41.7 Å². The minimum atomic E-state index is -0.191. The number of amides is 1. The Bertz CT molecular complexity index is 598. The summed E-state index contributed by atoms with van der Waals surface area (Å²) in [6.45, 7) is 1.51. The smallest absolute Gasteiger partial charge is 0.248 e. The zero-order chi connectivity index (χ0) is 13.7. The predicted octanol–water partition coefficient (Wildman–Crippen LogP) is 3.60. The Balaban J connectivity index is 1.97. The van der Waals surface area contributed by atoms with Crippen LogP contribution in [0.2, 0.25) is 0 Å². The highest BCUT2D eigenvalue weighted by Gasteiger charge is 2.01. The van der Waals surface area contributed by atoms with E-state index in [1.165, 1.54) is 13.0 Å². The SMILES string of the molecule is CC(=O)c1ccc(NC(=O)/C=C/c2cccs2)cc1. The highest BCUT2D eigenvalue weighted by atomic mass is 32.1. The normalized spacial score (nSPS) is 10.6. The molecule has 1 aromatic carbocycles. The first-order chi connectivity index (χ1) is 9.15. The first-order valence-corrected chi connectivity index (χ1v) is 6.67. The molecule has 2 rings (SSSR count). The van der Waals surface area contributed by atoms with Crippen molar-refractivity contribution in [1.29, 1.82) is 0 Å². The molecule has 0 fully saturated rings. The summed E-state index contributed by atoms with van der Waals surface area (Å²) < 4.78 is 0. The van der Waals surface area contributed by atoms with Crippen LogP contribution in [0.15, 0.2) is 47.9 Å². The van der Waals surface area contributed by atoms with Crippen molar-refractivity contribution < 1.29 is 9.59 Å². The van der Waals surface area contributed by atoms with E-state index in [0.29, 0.717) is 11.3 Å². The number of anilines is 1. The second-order valence-corrected chi connectivity index (χ2v) is 4.95. The van der Waals surface area contributed by atoms with E-state index in [-0.39, 0.29) is 11.7 Å². The van der Waals surface area contributed by atoms with E-state index in [4.69, 9.17) is 0 Å². The Labute approximate surface area is 115 Å². The van der Waals surface area contributed by atoms with Crippen LogP contribution in [0.1, 0.15) is 22.2 Å². The molecule has 2 aromatic rings. The Morgan fingerprint density at radius 3 is 2.47 bits per heavy atom. The van der Waals surface area contributed by atoms with E-state index in [9.17, 15) is 9.59 Å². The van der Waals surface area contributed by atoms with Crippen molar-refractivity contribution in [1.82, 2.24) is 0 Å². The lowest BCUT2D eigenvalue weighted by Crippen LogP contribution is -2.07. The van der Waals surface area contributed by atoms with Gasteiger partial charge in [-0.2, -0.15) is 0 Å². The number of hydrogen-bond acceptors (Lipinski definition) is 3. The van der Waals surface area contributed by atoms with E-state index in [2.05, 4.69) is 5.32 Å². The van der Waals surface area contributed by atoms with Crippen LogP contribution in [0.25, 0.3) is 6.08 Å². The topological polar surface area (TPSA) is 46.2 Å². The molecule has 0 aliphatic carbocycles. The monoisotopic (exact) mass is 271 g/mol. The Hall–Kier alpha value is -2.20. The molecule has 3 nitrogen and oxygen atoms in total. The van der Waals surface area contributed by atoms with Crippen LogP contribution in [0, 0.1) is 0 Å². The summed E-state index contributed by atoms with van der Waals surface area (Å²) >= 11 is 1.57. The van der Waals surface area contributed by atoms with Crippen molar-refractivity contribution in [3.8, 4) is 0 Å². The van der Waals surface area contributed by atoms with Crippen LogP contribution >= 0.6 is 11.3 Å². The molecule has 0 aliphatic rings. The van der Waals surface area contributed by atoms with Gasteiger partial charge in [0.15, 0.2) is 5.78 Å². The first kappa shape index (κ1) is 13.2. The molecule has 0 saturated carbocycles. The number of hydrogen-bond donors (Lipinski definition) is 1. The van der Waals surface area contributed by atoms with Gasteiger partial charge in [0.25, 0.3) is 0 Å². The van der Waals surface area contributed by atoms with Gasteiger partial charge in [0.05, 0.1) is 0 Å². The lowest BCUT2D eigenvalue weighted by Gasteiger charge is -2.02. The van der Waals surface area contributed by atoms with Gasteiger partial charge in [-0.1, -0.05) is 6.07 Å². The molecule has 0 aliphatic heterocycles. The number of rotatable bonds is 4. The van der Waals surface area contributed by atoms with Gasteiger partial charge in [0.1, 0.15) is 0 Å². The molecule has 0 atom stereocenters. The van der Waals surface area contributed by atoms with Gasteiger partial charge in [-0.3, -0.25) is 9.59 Å². The Kier molecular flexibility index (Phi) is 4.26. The zero-order valence-electron chi connectivity index (χ0n) is 10.4. The zero-order valence-corrected chi connectivity index (χ0v) is 11.2. The van der Waals surface area contributed by atoms with Crippen molar-refractivity contribution in [2.24, 2.45) is 0 Å². The average Bonchev–Trinajstić information content (AvgIpc) is 2.90. The predicted molar refractivity (Wildman–Crippen MR) is 78.4 cm³/mol. The minimum Gasteiger partial charge on any atom is -0.323 e. The molecule has 0 unspecified atom stereocenters.